The van der Waals surface area contributed by atoms with Gasteiger partial charge in [0.2, 0.25) is 0 Å². The monoisotopic (exact) mass is 277 g/mol. The fourth-order valence-corrected chi connectivity index (χ4v) is 2.65. The molecule has 0 aliphatic rings. The SMILES string of the molecule is C=CCc1c(C#N)[nH]c(C=N)c1-c1ccc(C)c(C)c1C. The zero-order chi connectivity index (χ0) is 15.6. The van der Waals surface area contributed by atoms with Gasteiger partial charge in [-0.2, -0.15) is 5.26 Å². The molecule has 0 spiro atoms. The van der Waals surface area contributed by atoms with Crippen molar-refractivity contribution in [3.8, 4) is 17.2 Å². The first kappa shape index (κ1) is 14.8. The Morgan fingerprint density at radius 3 is 2.57 bits per heavy atom. The van der Waals surface area contributed by atoms with E-state index < -0.39 is 0 Å². The predicted octanol–water partition coefficient (Wildman–Crippen LogP) is 4.20. The molecule has 3 nitrogen and oxygen atoms in total. The van der Waals surface area contributed by atoms with Crippen molar-refractivity contribution in [1.82, 2.24) is 4.98 Å². The second-order valence-corrected chi connectivity index (χ2v) is 5.20. The maximum Gasteiger partial charge on any atom is 0.122 e. The van der Waals surface area contributed by atoms with Crippen molar-refractivity contribution >= 4 is 6.21 Å². The molecule has 0 unspecified atom stereocenters. The fourth-order valence-electron chi connectivity index (χ4n) is 2.65. The van der Waals surface area contributed by atoms with Crippen molar-refractivity contribution in [2.75, 3.05) is 0 Å². The lowest BCUT2D eigenvalue weighted by molar-refractivity contribution is 1.22. The van der Waals surface area contributed by atoms with E-state index >= 15 is 0 Å². The van der Waals surface area contributed by atoms with Crippen LogP contribution in [0.1, 0.15) is 33.6 Å². The summed E-state index contributed by atoms with van der Waals surface area (Å²) in [5, 5.41) is 16.9. The van der Waals surface area contributed by atoms with Gasteiger partial charge in [-0.25, -0.2) is 0 Å². The third kappa shape index (κ3) is 2.41. The van der Waals surface area contributed by atoms with Gasteiger partial charge in [-0.1, -0.05) is 18.2 Å². The highest BCUT2D eigenvalue weighted by molar-refractivity contribution is 5.91. The Balaban J connectivity index is 2.82. The summed E-state index contributed by atoms with van der Waals surface area (Å²) in [5.41, 5.74) is 7.80. The van der Waals surface area contributed by atoms with Crippen LogP contribution in [-0.4, -0.2) is 11.2 Å². The molecule has 0 fully saturated rings. The molecule has 2 rings (SSSR count). The van der Waals surface area contributed by atoms with Crippen molar-refractivity contribution < 1.29 is 0 Å². The zero-order valence-electron chi connectivity index (χ0n) is 12.7. The van der Waals surface area contributed by atoms with Crippen LogP contribution in [0.15, 0.2) is 24.8 Å². The number of nitrogens with zero attached hydrogens (tertiary/aromatic N) is 1. The third-order valence-electron chi connectivity index (χ3n) is 4.06. The summed E-state index contributed by atoms with van der Waals surface area (Å²) in [6.07, 6.45) is 3.67. The van der Waals surface area contributed by atoms with Gasteiger partial charge in [-0.15, -0.1) is 6.58 Å². The topological polar surface area (TPSA) is 63.4 Å². The summed E-state index contributed by atoms with van der Waals surface area (Å²) in [6.45, 7) is 10.1. The molecule has 0 saturated heterocycles. The van der Waals surface area contributed by atoms with E-state index in [2.05, 4.69) is 50.5 Å². The van der Waals surface area contributed by atoms with Crippen LogP contribution in [0.3, 0.4) is 0 Å². The first-order valence-corrected chi connectivity index (χ1v) is 6.88. The molecule has 0 aliphatic carbocycles. The molecule has 1 aromatic heterocycles. The second-order valence-electron chi connectivity index (χ2n) is 5.20. The molecule has 106 valence electrons. The highest BCUT2D eigenvalue weighted by Gasteiger charge is 2.19. The average molecular weight is 277 g/mol. The summed E-state index contributed by atoms with van der Waals surface area (Å²) in [6, 6.07) is 6.34. The highest BCUT2D eigenvalue weighted by Crippen LogP contribution is 2.34. The molecule has 0 atom stereocenters. The van der Waals surface area contributed by atoms with E-state index in [1.807, 2.05) is 0 Å². The normalized spacial score (nSPS) is 10.2. The van der Waals surface area contributed by atoms with Crippen molar-refractivity contribution in [2.45, 2.75) is 27.2 Å². The fraction of sp³-hybridized carbons (Fsp3) is 0.222. The molecule has 0 bridgehead atoms. The van der Waals surface area contributed by atoms with Gasteiger partial charge in [-0.3, -0.25) is 0 Å². The number of rotatable bonds is 4. The van der Waals surface area contributed by atoms with Crippen molar-refractivity contribution in [1.29, 1.82) is 10.7 Å². The van der Waals surface area contributed by atoms with Gasteiger partial charge in [0.25, 0.3) is 0 Å². The Bertz CT molecular complexity index is 758. The Morgan fingerprint density at radius 2 is 2.00 bits per heavy atom. The van der Waals surface area contributed by atoms with Crippen LogP contribution in [0.25, 0.3) is 11.1 Å². The van der Waals surface area contributed by atoms with Gasteiger partial charge in [0.15, 0.2) is 0 Å². The van der Waals surface area contributed by atoms with Crippen molar-refractivity contribution in [3.63, 3.8) is 0 Å². The zero-order valence-corrected chi connectivity index (χ0v) is 12.7. The van der Waals surface area contributed by atoms with E-state index in [9.17, 15) is 5.26 Å². The number of aromatic nitrogens is 1. The molecule has 0 saturated carbocycles. The maximum absolute atomic E-state index is 9.30. The minimum absolute atomic E-state index is 0.515. The van der Waals surface area contributed by atoms with E-state index in [1.165, 1.54) is 22.9 Å². The van der Waals surface area contributed by atoms with Gasteiger partial charge in [0, 0.05) is 17.3 Å². The van der Waals surface area contributed by atoms with E-state index in [0.717, 1.165) is 16.7 Å². The van der Waals surface area contributed by atoms with Crippen LogP contribution < -0.4 is 0 Å². The lowest BCUT2D eigenvalue weighted by atomic mass is 9.91. The van der Waals surface area contributed by atoms with Crippen LogP contribution in [-0.2, 0) is 6.42 Å². The summed E-state index contributed by atoms with van der Waals surface area (Å²) >= 11 is 0. The third-order valence-corrected chi connectivity index (χ3v) is 4.06. The van der Waals surface area contributed by atoms with Gasteiger partial charge < -0.3 is 10.4 Å². The van der Waals surface area contributed by atoms with Gasteiger partial charge in [0.05, 0.1) is 5.69 Å². The Hall–Kier alpha value is -2.60. The van der Waals surface area contributed by atoms with Crippen LogP contribution >= 0.6 is 0 Å². The van der Waals surface area contributed by atoms with Crippen LogP contribution in [0.4, 0.5) is 0 Å². The predicted molar refractivity (Wildman–Crippen MR) is 86.9 cm³/mol. The number of hydrogen-bond donors (Lipinski definition) is 2. The van der Waals surface area contributed by atoms with Gasteiger partial charge in [-0.05, 0) is 49.4 Å². The molecule has 1 aromatic carbocycles. The number of nitrogens with one attached hydrogen (secondary N) is 2. The largest absolute Gasteiger partial charge is 0.345 e. The number of aryl methyl sites for hydroxylation is 1. The number of hydrogen-bond acceptors (Lipinski definition) is 2. The van der Waals surface area contributed by atoms with Crippen LogP contribution in [0.2, 0.25) is 0 Å². The number of aromatic amines is 1. The average Bonchev–Trinajstić information content (AvgIpc) is 2.83. The van der Waals surface area contributed by atoms with E-state index in [1.54, 1.807) is 6.08 Å². The van der Waals surface area contributed by atoms with Gasteiger partial charge >= 0.3 is 0 Å². The molecule has 21 heavy (non-hydrogen) atoms. The molecule has 0 radical (unpaired) electrons. The number of allylic oxidation sites excluding steroid dienone is 1. The minimum atomic E-state index is 0.515. The first-order chi connectivity index (χ1) is 10.0. The number of H-pyrrole nitrogens is 1. The van der Waals surface area contributed by atoms with Crippen molar-refractivity contribution in [3.05, 3.63) is 58.4 Å². The highest BCUT2D eigenvalue weighted by atomic mass is 14.7. The minimum Gasteiger partial charge on any atom is -0.345 e. The molecule has 3 heteroatoms. The number of benzene rings is 1. The van der Waals surface area contributed by atoms with Crippen molar-refractivity contribution in [2.24, 2.45) is 0 Å². The quantitative estimate of drug-likeness (QED) is 0.638. The molecular formula is C18H19N3. The van der Waals surface area contributed by atoms with Gasteiger partial charge in [0.1, 0.15) is 11.8 Å². The molecule has 1 heterocycles. The van der Waals surface area contributed by atoms with E-state index in [-0.39, 0.29) is 0 Å². The molecule has 0 amide bonds. The Labute approximate surface area is 125 Å². The second kappa shape index (κ2) is 5.80. The lowest BCUT2D eigenvalue weighted by Gasteiger charge is -2.13. The summed E-state index contributed by atoms with van der Waals surface area (Å²) in [5.74, 6) is 0. The van der Waals surface area contributed by atoms with E-state index in [4.69, 9.17) is 5.41 Å². The molecule has 2 aromatic rings. The van der Waals surface area contributed by atoms with E-state index in [0.29, 0.717) is 17.8 Å². The maximum atomic E-state index is 9.30. The summed E-state index contributed by atoms with van der Waals surface area (Å²) in [7, 11) is 0. The molecule has 2 N–H and O–H groups in total. The standard InChI is InChI=1S/C18H19N3/c1-5-6-15-16(9-19)21-17(10-20)18(15)14-8-7-11(2)12(3)13(14)4/h5,7-8,10,20-21H,1,6H2,2-4H3. The summed E-state index contributed by atoms with van der Waals surface area (Å²) in [4.78, 5) is 3.04. The smallest absolute Gasteiger partial charge is 0.122 e. The lowest BCUT2D eigenvalue weighted by Crippen LogP contribution is -1.95. The Kier molecular flexibility index (Phi) is 4.09. The first-order valence-electron chi connectivity index (χ1n) is 6.88. The molecule has 0 aliphatic heterocycles. The number of nitriles is 1. The molecular weight excluding hydrogens is 258 g/mol. The van der Waals surface area contributed by atoms with Crippen LogP contribution in [0, 0.1) is 37.5 Å². The Morgan fingerprint density at radius 1 is 1.29 bits per heavy atom. The summed E-state index contributed by atoms with van der Waals surface area (Å²) < 4.78 is 0. The van der Waals surface area contributed by atoms with Crippen LogP contribution in [0.5, 0.6) is 0 Å².